The van der Waals surface area contributed by atoms with E-state index in [4.69, 9.17) is 5.73 Å². The molecule has 2 rings (SSSR count). The van der Waals surface area contributed by atoms with E-state index in [2.05, 4.69) is 4.98 Å². The molecule has 1 aromatic carbocycles. The summed E-state index contributed by atoms with van der Waals surface area (Å²) in [4.78, 5) is 14.0. The van der Waals surface area contributed by atoms with Crippen molar-refractivity contribution in [2.45, 2.75) is 13.0 Å². The lowest BCUT2D eigenvalue weighted by Gasteiger charge is -2.12. The molecule has 4 nitrogen and oxygen atoms in total. The number of nitrogen functional groups attached to an aromatic ring is 1. The van der Waals surface area contributed by atoms with E-state index in [1.54, 1.807) is 17.0 Å². The summed E-state index contributed by atoms with van der Waals surface area (Å²) in [5.41, 5.74) is 7.32. The van der Waals surface area contributed by atoms with Gasteiger partial charge in [0.2, 0.25) is 0 Å². The quantitative estimate of drug-likeness (QED) is 0.724. The van der Waals surface area contributed by atoms with Crippen molar-refractivity contribution in [1.82, 2.24) is 9.55 Å². The highest BCUT2D eigenvalue weighted by molar-refractivity contribution is 5.41. The van der Waals surface area contributed by atoms with Gasteiger partial charge in [-0.15, -0.1) is 0 Å². The summed E-state index contributed by atoms with van der Waals surface area (Å²) in [7, 11) is 0. The molecule has 0 fully saturated rings. The van der Waals surface area contributed by atoms with Gasteiger partial charge in [-0.3, -0.25) is 4.57 Å². The molecule has 2 aromatic rings. The first-order chi connectivity index (χ1) is 7.18. The van der Waals surface area contributed by atoms with E-state index in [0.29, 0.717) is 5.69 Å². The zero-order chi connectivity index (χ0) is 10.8. The monoisotopic (exact) mass is 203 g/mol. The Labute approximate surface area is 87.4 Å². The SMILES string of the molecule is CC(c1cccc(N)c1)n1cc[nH]c1=O. The van der Waals surface area contributed by atoms with Crippen LogP contribution in [-0.4, -0.2) is 9.55 Å². The molecule has 0 saturated heterocycles. The van der Waals surface area contributed by atoms with Crippen LogP contribution in [0.3, 0.4) is 0 Å². The number of nitrogens with two attached hydrogens (primary N) is 1. The number of aromatic nitrogens is 2. The number of nitrogens with zero attached hydrogens (tertiary/aromatic N) is 1. The molecule has 4 heteroatoms. The third-order valence-electron chi connectivity index (χ3n) is 2.49. The number of anilines is 1. The van der Waals surface area contributed by atoms with Crippen LogP contribution in [0.4, 0.5) is 5.69 Å². The van der Waals surface area contributed by atoms with Crippen molar-refractivity contribution in [3.05, 3.63) is 52.7 Å². The second kappa shape index (κ2) is 3.65. The van der Waals surface area contributed by atoms with E-state index in [1.165, 1.54) is 0 Å². The summed E-state index contributed by atoms with van der Waals surface area (Å²) in [5.74, 6) is 0. The molecular formula is C11H13N3O. The number of benzene rings is 1. The van der Waals surface area contributed by atoms with Crippen molar-refractivity contribution in [2.24, 2.45) is 0 Å². The molecule has 0 spiro atoms. The molecule has 78 valence electrons. The Kier molecular flexibility index (Phi) is 2.33. The predicted molar refractivity (Wildman–Crippen MR) is 59.7 cm³/mol. The van der Waals surface area contributed by atoms with Crippen molar-refractivity contribution in [3.63, 3.8) is 0 Å². The van der Waals surface area contributed by atoms with Crippen LogP contribution in [0.5, 0.6) is 0 Å². The molecule has 0 amide bonds. The maximum Gasteiger partial charge on any atom is 0.326 e. The lowest BCUT2D eigenvalue weighted by molar-refractivity contribution is 0.617. The van der Waals surface area contributed by atoms with Crippen LogP contribution in [-0.2, 0) is 0 Å². The minimum atomic E-state index is -0.107. The van der Waals surface area contributed by atoms with Crippen LogP contribution < -0.4 is 11.4 Å². The van der Waals surface area contributed by atoms with Gasteiger partial charge in [-0.2, -0.15) is 0 Å². The number of nitrogens with one attached hydrogen (secondary N) is 1. The minimum absolute atomic E-state index is 0.00718. The lowest BCUT2D eigenvalue weighted by Crippen LogP contribution is -2.20. The van der Waals surface area contributed by atoms with Gasteiger partial charge in [0.1, 0.15) is 0 Å². The van der Waals surface area contributed by atoms with Gasteiger partial charge in [0, 0.05) is 18.1 Å². The summed E-state index contributed by atoms with van der Waals surface area (Å²) >= 11 is 0. The van der Waals surface area contributed by atoms with E-state index in [9.17, 15) is 4.79 Å². The number of hydrogen-bond acceptors (Lipinski definition) is 2. The summed E-state index contributed by atoms with van der Waals surface area (Å²) in [6.07, 6.45) is 3.36. The molecule has 0 aliphatic rings. The topological polar surface area (TPSA) is 63.8 Å². The van der Waals surface area contributed by atoms with Gasteiger partial charge in [0.15, 0.2) is 0 Å². The Bertz CT molecular complexity index is 512. The van der Waals surface area contributed by atoms with Gasteiger partial charge in [-0.05, 0) is 24.6 Å². The number of imidazole rings is 1. The van der Waals surface area contributed by atoms with Crippen molar-refractivity contribution in [3.8, 4) is 0 Å². The molecule has 0 aliphatic heterocycles. The Balaban J connectivity index is 2.41. The molecule has 1 atom stereocenters. The summed E-state index contributed by atoms with van der Waals surface area (Å²) in [5, 5.41) is 0. The van der Waals surface area contributed by atoms with E-state index >= 15 is 0 Å². The van der Waals surface area contributed by atoms with Gasteiger partial charge in [-0.25, -0.2) is 4.79 Å². The van der Waals surface area contributed by atoms with Gasteiger partial charge in [-0.1, -0.05) is 12.1 Å². The number of hydrogen-bond donors (Lipinski definition) is 2. The van der Waals surface area contributed by atoms with Gasteiger partial charge < -0.3 is 10.7 Å². The van der Waals surface area contributed by atoms with Crippen LogP contribution in [0.1, 0.15) is 18.5 Å². The Morgan fingerprint density at radius 2 is 2.27 bits per heavy atom. The molecule has 3 N–H and O–H groups in total. The second-order valence-corrected chi connectivity index (χ2v) is 3.52. The Morgan fingerprint density at radius 3 is 2.87 bits per heavy atom. The first-order valence-electron chi connectivity index (χ1n) is 4.79. The summed E-state index contributed by atoms with van der Waals surface area (Å²) in [6.45, 7) is 1.96. The van der Waals surface area contributed by atoms with Gasteiger partial charge >= 0.3 is 5.69 Å². The van der Waals surface area contributed by atoms with Crippen molar-refractivity contribution < 1.29 is 0 Å². The molecule has 1 unspecified atom stereocenters. The normalized spacial score (nSPS) is 12.6. The van der Waals surface area contributed by atoms with Crippen molar-refractivity contribution >= 4 is 5.69 Å². The van der Waals surface area contributed by atoms with Crippen LogP contribution in [0.25, 0.3) is 0 Å². The van der Waals surface area contributed by atoms with Crippen LogP contribution in [0, 0.1) is 0 Å². The highest BCUT2D eigenvalue weighted by atomic mass is 16.1. The zero-order valence-corrected chi connectivity index (χ0v) is 8.47. The lowest BCUT2D eigenvalue weighted by atomic mass is 10.1. The van der Waals surface area contributed by atoms with Gasteiger partial charge in [0.05, 0.1) is 6.04 Å². The first kappa shape index (κ1) is 9.58. The number of rotatable bonds is 2. The first-order valence-corrected chi connectivity index (χ1v) is 4.79. The highest BCUT2D eigenvalue weighted by Gasteiger charge is 2.09. The minimum Gasteiger partial charge on any atom is -0.399 e. The average Bonchev–Trinajstić information content (AvgIpc) is 2.63. The fourth-order valence-electron chi connectivity index (χ4n) is 1.62. The van der Waals surface area contributed by atoms with Crippen LogP contribution in [0.15, 0.2) is 41.5 Å². The molecule has 15 heavy (non-hydrogen) atoms. The van der Waals surface area contributed by atoms with Gasteiger partial charge in [0.25, 0.3) is 0 Å². The largest absolute Gasteiger partial charge is 0.399 e. The molecule has 1 aromatic heterocycles. The fourth-order valence-corrected chi connectivity index (χ4v) is 1.62. The molecular weight excluding hydrogens is 190 g/mol. The standard InChI is InChI=1S/C11H13N3O/c1-8(14-6-5-13-11(14)15)9-3-2-4-10(12)7-9/h2-8H,12H2,1H3,(H,13,15). The van der Waals surface area contributed by atoms with E-state index in [0.717, 1.165) is 5.56 Å². The van der Waals surface area contributed by atoms with E-state index < -0.39 is 0 Å². The smallest absolute Gasteiger partial charge is 0.326 e. The average molecular weight is 203 g/mol. The summed E-state index contributed by atoms with van der Waals surface area (Å²) in [6, 6.07) is 7.55. The second-order valence-electron chi connectivity index (χ2n) is 3.52. The molecule has 0 radical (unpaired) electrons. The molecule has 1 heterocycles. The third kappa shape index (κ3) is 1.79. The molecule has 0 saturated carbocycles. The maximum absolute atomic E-state index is 11.4. The molecule has 0 bridgehead atoms. The van der Waals surface area contributed by atoms with Crippen LogP contribution in [0.2, 0.25) is 0 Å². The van der Waals surface area contributed by atoms with Crippen molar-refractivity contribution in [2.75, 3.05) is 5.73 Å². The van der Waals surface area contributed by atoms with Crippen molar-refractivity contribution in [1.29, 1.82) is 0 Å². The highest BCUT2D eigenvalue weighted by Crippen LogP contribution is 2.17. The maximum atomic E-state index is 11.4. The Morgan fingerprint density at radius 1 is 1.47 bits per heavy atom. The van der Waals surface area contributed by atoms with E-state index in [-0.39, 0.29) is 11.7 Å². The van der Waals surface area contributed by atoms with E-state index in [1.807, 2.05) is 31.2 Å². The van der Waals surface area contributed by atoms with Crippen LogP contribution >= 0.6 is 0 Å². The zero-order valence-electron chi connectivity index (χ0n) is 8.47. The predicted octanol–water partition coefficient (Wildman–Crippen LogP) is 1.37. The Hall–Kier alpha value is -1.97. The third-order valence-corrected chi connectivity index (χ3v) is 2.49. The number of aromatic amines is 1. The molecule has 0 aliphatic carbocycles. The number of H-pyrrole nitrogens is 1. The summed E-state index contributed by atoms with van der Waals surface area (Å²) < 4.78 is 1.63. The fraction of sp³-hybridized carbons (Fsp3) is 0.182.